The van der Waals surface area contributed by atoms with E-state index in [1.54, 1.807) is 304 Å². The number of guanidine groups is 8. The van der Waals surface area contributed by atoms with Crippen LogP contribution in [0.3, 0.4) is 0 Å². The summed E-state index contributed by atoms with van der Waals surface area (Å²) >= 11 is 0. The van der Waals surface area contributed by atoms with Gasteiger partial charge in [0.15, 0.2) is 0 Å². The maximum Gasteiger partial charge on any atom is 4.00 e. The molecule has 0 radical (unpaired) electrons. The first-order valence-corrected chi connectivity index (χ1v) is 19.7. The van der Waals surface area contributed by atoms with Crippen molar-refractivity contribution in [3.8, 4) is 0 Å². The molecule has 0 spiro atoms. The molecule has 0 aromatic heterocycles. The summed E-state index contributed by atoms with van der Waals surface area (Å²) in [5.74, 6) is 2.15. The summed E-state index contributed by atoms with van der Waals surface area (Å²) in [6.45, 7) is 0. The molecule has 0 aromatic carbocycles. The predicted octanol–water partition coefficient (Wildman–Crippen LogP) is 0.280. The Hall–Kier alpha value is -3.09. The Morgan fingerprint density at radius 3 is 0.167 bits per heavy atom. The molecule has 24 nitrogen and oxygen atoms in total. The van der Waals surface area contributed by atoms with E-state index in [4.69, 9.17) is 43.3 Å². The summed E-state index contributed by atoms with van der Waals surface area (Å²) in [4.78, 5) is 26.2. The average molecular weight is 1190 g/mol. The first kappa shape index (κ1) is 86.1. The fourth-order valence-corrected chi connectivity index (χ4v) is 3.20. The van der Waals surface area contributed by atoms with Crippen LogP contribution in [0.2, 0.25) is 0 Å². The van der Waals surface area contributed by atoms with Crippen molar-refractivity contribution >= 4 is 47.7 Å². The molecular weight excluding hydrogens is 1100 g/mol. The maximum atomic E-state index is 8.97. The third-order valence-electron chi connectivity index (χ3n) is 6.40. The Kier molecular flexibility index (Phi) is 63.1. The van der Waals surface area contributed by atoms with Gasteiger partial charge in [-0.1, -0.05) is 0 Å². The zero-order valence-electron chi connectivity index (χ0n) is 47.7. The van der Waals surface area contributed by atoms with Crippen molar-refractivity contribution in [3.05, 3.63) is 43.3 Å². The van der Waals surface area contributed by atoms with E-state index in [0.717, 1.165) is 0 Å². The van der Waals surface area contributed by atoms with Crippen molar-refractivity contribution in [2.24, 2.45) is 0 Å². The molecule has 0 amide bonds. The fraction of sp³-hybridized carbons (Fsp3) is 0.800. The van der Waals surface area contributed by atoms with Crippen LogP contribution in [0, 0.1) is 83.5 Å². The molecule has 0 aliphatic heterocycles. The van der Waals surface area contributed by atoms with E-state index in [0.29, 0.717) is 0 Å². The summed E-state index contributed by atoms with van der Waals surface area (Å²) in [5, 5.41) is 71.8. The minimum absolute atomic E-state index is 0. The zero-order chi connectivity index (χ0) is 53.9. The number of hydrogen-bond donors (Lipinski definition) is 0. The molecule has 0 N–H and O–H groups in total. The second kappa shape index (κ2) is 48.4. The molecular formula is C40H96Ce2N24. The third-order valence-corrected chi connectivity index (χ3v) is 6.40. The van der Waals surface area contributed by atoms with Crippen LogP contribution in [0.25, 0.3) is 43.3 Å². The monoisotopic (exact) mass is 1190 g/mol. The number of rotatable bonds is 0. The van der Waals surface area contributed by atoms with Crippen molar-refractivity contribution in [2.45, 2.75) is 0 Å². The van der Waals surface area contributed by atoms with Gasteiger partial charge in [0, 0.05) is 47.7 Å². The van der Waals surface area contributed by atoms with Gasteiger partial charge in [0.2, 0.25) is 0 Å². The van der Waals surface area contributed by atoms with Crippen LogP contribution >= 0.6 is 0 Å². The quantitative estimate of drug-likeness (QED) is 0.234. The molecule has 0 saturated carbocycles. The van der Waals surface area contributed by atoms with Gasteiger partial charge in [-0.15, -0.1) is 0 Å². The molecule has 384 valence electrons. The Labute approximate surface area is 473 Å². The zero-order valence-corrected chi connectivity index (χ0v) is 54.0. The van der Waals surface area contributed by atoms with E-state index in [9.17, 15) is 0 Å². The smallest absolute Gasteiger partial charge is 0.432 e. The molecule has 66 heavy (non-hydrogen) atoms. The van der Waals surface area contributed by atoms with Gasteiger partial charge in [0.05, 0.1) is 0 Å². The predicted molar refractivity (Wildman–Crippen MR) is 286 cm³/mol. The molecule has 0 aromatic rings. The molecule has 0 aliphatic carbocycles. The van der Waals surface area contributed by atoms with Crippen molar-refractivity contribution in [2.75, 3.05) is 226 Å². The first-order valence-electron chi connectivity index (χ1n) is 19.7. The molecule has 0 saturated heterocycles. The van der Waals surface area contributed by atoms with Gasteiger partial charge in [-0.05, 0) is 226 Å². The van der Waals surface area contributed by atoms with Gasteiger partial charge in [-0.25, -0.2) is 0 Å². The van der Waals surface area contributed by atoms with E-state index in [1.807, 2.05) is 0 Å². The van der Waals surface area contributed by atoms with E-state index in [-0.39, 0.29) is 131 Å². The van der Waals surface area contributed by atoms with Crippen LogP contribution in [-0.2, 0) is 0 Å². The minimum atomic E-state index is 0. The normalized spacial score (nSPS) is 8.24. The number of nitrogens with zero attached hydrogens (tertiary/aromatic N) is 24. The van der Waals surface area contributed by atoms with Crippen LogP contribution in [0.15, 0.2) is 0 Å². The van der Waals surface area contributed by atoms with E-state index in [2.05, 4.69) is 0 Å². The summed E-state index contributed by atoms with van der Waals surface area (Å²) in [5.41, 5.74) is 0. The van der Waals surface area contributed by atoms with E-state index in [1.165, 1.54) is 0 Å². The molecule has 26 heteroatoms. The van der Waals surface area contributed by atoms with Gasteiger partial charge in [0.25, 0.3) is 0 Å². The minimum Gasteiger partial charge on any atom is -0.432 e. The molecule has 0 atom stereocenters. The second-order valence-corrected chi connectivity index (χ2v) is 16.7. The van der Waals surface area contributed by atoms with Crippen LogP contribution < -0.4 is 0 Å². The van der Waals surface area contributed by atoms with Crippen LogP contribution in [0.1, 0.15) is 0 Å². The van der Waals surface area contributed by atoms with Gasteiger partial charge >= 0.3 is 83.5 Å². The molecule has 0 bridgehead atoms. The first-order chi connectivity index (χ1) is 28.4. The SMILES string of the molecule is CN(C)C(=[N-])N(C)C.CN(C)C(=[N-])N(C)C.CN(C)C(=[N-])N(C)C.CN(C)C(=[N-])N(C)C.CN(C)C(=[N-])N(C)C.CN(C)C(=[N-])N(C)C.CN(C)C(=[N-])N(C)C.CN(C)C(=[N-])N(C)C.[Ce+4].[Ce+4]. The molecule has 0 rings (SSSR count). The largest absolute Gasteiger partial charge is 4.00 e. The summed E-state index contributed by atoms with van der Waals surface area (Å²) in [6.07, 6.45) is 0. The topological polar surface area (TPSA) is 230 Å². The van der Waals surface area contributed by atoms with E-state index >= 15 is 0 Å². The third kappa shape index (κ3) is 58.9. The van der Waals surface area contributed by atoms with Gasteiger partial charge < -0.3 is 122 Å². The van der Waals surface area contributed by atoms with E-state index < -0.39 is 0 Å². The maximum absolute atomic E-state index is 8.97. The Morgan fingerprint density at radius 2 is 0.167 bits per heavy atom. The van der Waals surface area contributed by atoms with Crippen LogP contribution in [0.4, 0.5) is 0 Å². The second-order valence-electron chi connectivity index (χ2n) is 16.7. The molecule has 0 unspecified atom stereocenters. The van der Waals surface area contributed by atoms with Crippen molar-refractivity contribution in [1.82, 2.24) is 78.4 Å². The summed E-state index contributed by atoms with van der Waals surface area (Å²) < 4.78 is 0. The molecule has 0 fully saturated rings. The van der Waals surface area contributed by atoms with Gasteiger partial charge in [-0.3, -0.25) is 0 Å². The van der Waals surface area contributed by atoms with Crippen molar-refractivity contribution in [3.63, 3.8) is 0 Å². The molecule has 0 aliphatic rings. The summed E-state index contributed by atoms with van der Waals surface area (Å²) in [6, 6.07) is 0. The Balaban J connectivity index is -0.0000000676. The Bertz CT molecular complexity index is 906. The Morgan fingerprint density at radius 1 is 0.136 bits per heavy atom. The van der Waals surface area contributed by atoms with Crippen molar-refractivity contribution in [1.29, 1.82) is 0 Å². The standard InChI is InChI=1S/8C5H12N3.2Ce/c8*1-7(2)5(6)8(3)4;;/h8*1-4H3;;/q8*-1;2*+4. The van der Waals surface area contributed by atoms with Crippen LogP contribution in [-0.4, -0.2) is 352 Å². The van der Waals surface area contributed by atoms with Gasteiger partial charge in [0.1, 0.15) is 0 Å². The van der Waals surface area contributed by atoms with Gasteiger partial charge in [-0.2, -0.15) is 0 Å². The summed E-state index contributed by atoms with van der Waals surface area (Å²) in [7, 11) is 57.2. The fourth-order valence-electron chi connectivity index (χ4n) is 3.20. The molecule has 0 heterocycles. The number of hydrogen-bond acceptors (Lipinski definition) is 0. The van der Waals surface area contributed by atoms with Crippen molar-refractivity contribution < 1.29 is 83.5 Å². The van der Waals surface area contributed by atoms with Crippen LogP contribution in [0.5, 0.6) is 0 Å². The average Bonchev–Trinajstić information content (AvgIpc) is 3.16.